The third-order valence-electron chi connectivity index (χ3n) is 2.53. The predicted molar refractivity (Wildman–Crippen MR) is 69.5 cm³/mol. The Balaban J connectivity index is 2.82. The summed E-state index contributed by atoms with van der Waals surface area (Å²) in [7, 11) is 3.31. The first-order chi connectivity index (χ1) is 8.43. The van der Waals surface area contributed by atoms with E-state index in [2.05, 4.69) is 5.32 Å². The van der Waals surface area contributed by atoms with Gasteiger partial charge in [-0.15, -0.1) is 0 Å². The number of carbonyl (C=O) groups is 1. The molecule has 1 aromatic carbocycles. The molecule has 7 heteroatoms. The molecular weight excluding hydrogens is 236 g/mol. The molecular formula is C11H16N4O3. The van der Waals surface area contributed by atoms with Gasteiger partial charge in [-0.3, -0.25) is 14.9 Å². The van der Waals surface area contributed by atoms with Gasteiger partial charge in [0.15, 0.2) is 0 Å². The van der Waals surface area contributed by atoms with Crippen LogP contribution < -0.4 is 16.0 Å². The van der Waals surface area contributed by atoms with E-state index >= 15 is 0 Å². The molecule has 7 nitrogen and oxygen atoms in total. The monoisotopic (exact) mass is 252 g/mol. The summed E-state index contributed by atoms with van der Waals surface area (Å²) >= 11 is 0. The van der Waals surface area contributed by atoms with Crippen molar-refractivity contribution in [3.8, 4) is 0 Å². The summed E-state index contributed by atoms with van der Waals surface area (Å²) in [6, 6.07) is 4.37. The number of rotatable bonds is 5. The number of non-ortho nitro benzene ring substituents is 1. The average Bonchev–Trinajstić information content (AvgIpc) is 2.34. The molecule has 1 rings (SSSR count). The summed E-state index contributed by atoms with van der Waals surface area (Å²) in [5.74, 6) is -0.0831. The number of nitro benzene ring substituents is 1. The molecule has 0 aliphatic heterocycles. The molecule has 0 aliphatic carbocycles. The van der Waals surface area contributed by atoms with Crippen molar-refractivity contribution in [2.75, 3.05) is 31.3 Å². The molecule has 0 atom stereocenters. The maximum atomic E-state index is 11.1. The molecule has 1 aromatic rings. The fraction of sp³-hybridized carbons (Fsp3) is 0.364. The summed E-state index contributed by atoms with van der Waals surface area (Å²) in [6.07, 6.45) is 0.315. The first-order valence-corrected chi connectivity index (χ1v) is 5.40. The SMILES string of the molecule is CNC(=O)CCN(C)c1cc(N)cc([N+](=O)[O-])c1. The van der Waals surface area contributed by atoms with Gasteiger partial charge < -0.3 is 16.0 Å². The number of hydrogen-bond acceptors (Lipinski definition) is 5. The van der Waals surface area contributed by atoms with Crippen LogP contribution in [-0.4, -0.2) is 31.5 Å². The number of nitrogens with two attached hydrogens (primary N) is 1. The third-order valence-corrected chi connectivity index (χ3v) is 2.53. The van der Waals surface area contributed by atoms with Crippen LogP contribution in [0.4, 0.5) is 17.1 Å². The number of nitrogens with one attached hydrogen (secondary N) is 1. The molecule has 0 spiro atoms. The summed E-state index contributed by atoms with van der Waals surface area (Å²) in [5.41, 5.74) is 6.49. The quantitative estimate of drug-likeness (QED) is 0.457. The molecule has 0 fully saturated rings. The molecule has 98 valence electrons. The molecule has 18 heavy (non-hydrogen) atoms. The number of benzene rings is 1. The van der Waals surface area contributed by atoms with Gasteiger partial charge in [0.25, 0.3) is 5.69 Å². The zero-order valence-electron chi connectivity index (χ0n) is 10.3. The number of nitro groups is 1. The Morgan fingerprint density at radius 3 is 2.72 bits per heavy atom. The normalized spacial score (nSPS) is 9.89. The van der Waals surface area contributed by atoms with Crippen molar-refractivity contribution >= 4 is 23.0 Å². The smallest absolute Gasteiger partial charge is 0.273 e. The van der Waals surface area contributed by atoms with Crippen molar-refractivity contribution in [1.82, 2.24) is 5.32 Å². The maximum Gasteiger partial charge on any atom is 0.273 e. The second-order valence-electron chi connectivity index (χ2n) is 3.88. The fourth-order valence-corrected chi connectivity index (χ4v) is 1.47. The van der Waals surface area contributed by atoms with E-state index in [-0.39, 0.29) is 11.6 Å². The Hall–Kier alpha value is -2.31. The van der Waals surface area contributed by atoms with Crippen LogP contribution in [0.25, 0.3) is 0 Å². The van der Waals surface area contributed by atoms with Gasteiger partial charge in [-0.1, -0.05) is 0 Å². The van der Waals surface area contributed by atoms with Crippen LogP contribution in [0.2, 0.25) is 0 Å². The molecule has 0 radical (unpaired) electrons. The van der Waals surface area contributed by atoms with Gasteiger partial charge in [0, 0.05) is 50.6 Å². The van der Waals surface area contributed by atoms with Gasteiger partial charge in [0.2, 0.25) is 5.91 Å². The molecule has 0 saturated heterocycles. The van der Waals surface area contributed by atoms with Crippen molar-refractivity contribution in [2.24, 2.45) is 0 Å². The van der Waals surface area contributed by atoms with Crippen LogP contribution >= 0.6 is 0 Å². The van der Waals surface area contributed by atoms with Gasteiger partial charge in [-0.25, -0.2) is 0 Å². The molecule has 0 aliphatic rings. The van der Waals surface area contributed by atoms with Crippen LogP contribution in [0.3, 0.4) is 0 Å². The molecule has 3 N–H and O–H groups in total. The minimum absolute atomic E-state index is 0.0585. The summed E-state index contributed by atoms with van der Waals surface area (Å²) in [5, 5.41) is 13.2. The maximum absolute atomic E-state index is 11.1. The largest absolute Gasteiger partial charge is 0.398 e. The van der Waals surface area contributed by atoms with Gasteiger partial charge in [-0.2, -0.15) is 0 Å². The highest BCUT2D eigenvalue weighted by molar-refractivity contribution is 5.76. The zero-order chi connectivity index (χ0) is 13.7. The number of carbonyl (C=O) groups excluding carboxylic acids is 1. The lowest BCUT2D eigenvalue weighted by Gasteiger charge is -2.19. The highest BCUT2D eigenvalue weighted by atomic mass is 16.6. The molecule has 0 heterocycles. The predicted octanol–water partition coefficient (Wildman–Crippen LogP) is 0.749. The van der Waals surface area contributed by atoms with E-state index in [0.29, 0.717) is 24.3 Å². The lowest BCUT2D eigenvalue weighted by atomic mass is 10.2. The van der Waals surface area contributed by atoms with E-state index in [0.717, 1.165) is 0 Å². The fourth-order valence-electron chi connectivity index (χ4n) is 1.47. The highest BCUT2D eigenvalue weighted by Gasteiger charge is 2.11. The van der Waals surface area contributed by atoms with Crippen LogP contribution in [-0.2, 0) is 4.79 Å². The number of amides is 1. The summed E-state index contributed by atoms with van der Waals surface area (Å²) in [6.45, 7) is 0.459. The van der Waals surface area contributed by atoms with Crippen LogP contribution in [0.5, 0.6) is 0 Å². The van der Waals surface area contributed by atoms with Crippen molar-refractivity contribution in [2.45, 2.75) is 6.42 Å². The van der Waals surface area contributed by atoms with Crippen molar-refractivity contribution in [3.63, 3.8) is 0 Å². The molecule has 0 unspecified atom stereocenters. The Labute approximate surface area is 105 Å². The zero-order valence-corrected chi connectivity index (χ0v) is 10.3. The van der Waals surface area contributed by atoms with Crippen LogP contribution in [0, 0.1) is 10.1 Å². The van der Waals surface area contributed by atoms with Crippen molar-refractivity contribution < 1.29 is 9.72 Å². The van der Waals surface area contributed by atoms with E-state index < -0.39 is 4.92 Å². The van der Waals surface area contributed by atoms with E-state index in [1.165, 1.54) is 12.1 Å². The third kappa shape index (κ3) is 3.62. The van der Waals surface area contributed by atoms with E-state index in [4.69, 9.17) is 5.73 Å². The number of nitrogens with zero attached hydrogens (tertiary/aromatic N) is 2. The van der Waals surface area contributed by atoms with E-state index in [1.807, 2.05) is 0 Å². The number of hydrogen-bond donors (Lipinski definition) is 2. The average molecular weight is 252 g/mol. The molecule has 0 bridgehead atoms. The van der Waals surface area contributed by atoms with E-state index in [1.54, 1.807) is 25.1 Å². The molecule has 1 amide bonds. The van der Waals surface area contributed by atoms with Gasteiger partial charge >= 0.3 is 0 Å². The summed E-state index contributed by atoms with van der Waals surface area (Å²) < 4.78 is 0. The minimum atomic E-state index is -0.494. The van der Waals surface area contributed by atoms with E-state index in [9.17, 15) is 14.9 Å². The Kier molecular flexibility index (Phi) is 4.47. The Morgan fingerprint density at radius 1 is 1.50 bits per heavy atom. The van der Waals surface area contributed by atoms with Gasteiger partial charge in [-0.05, 0) is 6.07 Å². The number of nitrogen functional groups attached to an aromatic ring is 1. The van der Waals surface area contributed by atoms with Crippen molar-refractivity contribution in [3.05, 3.63) is 28.3 Å². The molecule has 0 aromatic heterocycles. The Bertz CT molecular complexity index is 462. The topological polar surface area (TPSA) is 102 Å². The first-order valence-electron chi connectivity index (χ1n) is 5.40. The van der Waals surface area contributed by atoms with Crippen molar-refractivity contribution in [1.29, 1.82) is 0 Å². The van der Waals surface area contributed by atoms with Gasteiger partial charge in [0.1, 0.15) is 0 Å². The Morgan fingerprint density at radius 2 is 2.17 bits per heavy atom. The second kappa shape index (κ2) is 5.85. The lowest BCUT2D eigenvalue weighted by molar-refractivity contribution is -0.384. The second-order valence-corrected chi connectivity index (χ2v) is 3.88. The highest BCUT2D eigenvalue weighted by Crippen LogP contribution is 2.24. The summed E-state index contributed by atoms with van der Waals surface area (Å²) in [4.78, 5) is 23.1. The first kappa shape index (κ1) is 13.8. The van der Waals surface area contributed by atoms with Crippen LogP contribution in [0.1, 0.15) is 6.42 Å². The van der Waals surface area contributed by atoms with Gasteiger partial charge in [0.05, 0.1) is 4.92 Å². The molecule has 0 saturated carbocycles. The number of anilines is 2. The minimum Gasteiger partial charge on any atom is -0.398 e. The standard InChI is InChI=1S/C11H16N4O3/c1-13-11(16)3-4-14(2)9-5-8(12)6-10(7-9)15(17)18/h5-7H,3-4,12H2,1-2H3,(H,13,16). The van der Waals surface area contributed by atoms with Crippen LogP contribution in [0.15, 0.2) is 18.2 Å². The lowest BCUT2D eigenvalue weighted by Crippen LogP contribution is -2.26.